The van der Waals surface area contributed by atoms with Gasteiger partial charge in [-0.1, -0.05) is 46.4 Å². The Morgan fingerprint density at radius 2 is 1.75 bits per heavy atom. The van der Waals surface area contributed by atoms with Crippen LogP contribution in [-0.4, -0.2) is 29.8 Å². The van der Waals surface area contributed by atoms with Gasteiger partial charge in [0, 0.05) is 11.8 Å². The molecule has 13 heteroatoms. The molecular weight excluding hydrogens is 468 g/mol. The van der Waals surface area contributed by atoms with Gasteiger partial charge < -0.3 is 19.5 Å². The quantitative estimate of drug-likeness (QED) is 0.506. The molecule has 1 amide bonds. The number of hydrogen-bond donors (Lipinski definition) is 1. The average Bonchev–Trinajstić information content (AvgIpc) is 2.94. The number of rotatable bonds is 4. The first kappa shape index (κ1) is 20.7. The molecule has 0 atom stereocenters. The molecule has 1 aliphatic heterocycles. The number of aromatic nitrogens is 1. The normalized spacial score (nSPS) is 13.9. The second-order valence-electron chi connectivity index (χ2n) is 5.15. The largest absolute Gasteiger partial charge is 0.586 e. The molecule has 3 rings (SSSR count). The molecule has 1 aliphatic rings. The van der Waals surface area contributed by atoms with E-state index in [1.165, 1.54) is 12.1 Å². The topological polar surface area (TPSA) is 86.8 Å². The number of hydrogen-bond acceptors (Lipinski definition) is 6. The van der Waals surface area contributed by atoms with Crippen molar-refractivity contribution in [3.05, 3.63) is 44.1 Å². The first-order valence-electron chi connectivity index (χ1n) is 7.14. The van der Waals surface area contributed by atoms with E-state index in [1.807, 2.05) is 0 Å². The number of carbonyl (C=O) groups is 2. The Balaban J connectivity index is 1.62. The number of alkyl halides is 2. The van der Waals surface area contributed by atoms with Crippen LogP contribution < -0.4 is 14.8 Å². The van der Waals surface area contributed by atoms with Crippen LogP contribution in [0.25, 0.3) is 0 Å². The van der Waals surface area contributed by atoms with Crippen LogP contribution >= 0.6 is 46.4 Å². The predicted octanol–water partition coefficient (Wildman–Crippen LogP) is 4.81. The Morgan fingerprint density at radius 1 is 1.07 bits per heavy atom. The third-order valence-electron chi connectivity index (χ3n) is 3.20. The molecule has 28 heavy (non-hydrogen) atoms. The average molecular weight is 474 g/mol. The second-order valence-corrected chi connectivity index (χ2v) is 6.64. The van der Waals surface area contributed by atoms with E-state index in [1.54, 1.807) is 0 Å². The summed E-state index contributed by atoms with van der Waals surface area (Å²) >= 11 is 23.1. The molecule has 0 spiro atoms. The maximum absolute atomic E-state index is 13.0. The third kappa shape index (κ3) is 4.33. The van der Waals surface area contributed by atoms with Crippen LogP contribution in [0, 0.1) is 0 Å². The highest BCUT2D eigenvalue weighted by Crippen LogP contribution is 2.42. The smallest absolute Gasteiger partial charge is 0.451 e. The fourth-order valence-electron chi connectivity index (χ4n) is 2.05. The number of pyridine rings is 1. The van der Waals surface area contributed by atoms with Crippen molar-refractivity contribution in [2.24, 2.45) is 0 Å². The summed E-state index contributed by atoms with van der Waals surface area (Å²) in [6.45, 7) is -0.737. The fourth-order valence-corrected chi connectivity index (χ4v) is 2.85. The predicted molar refractivity (Wildman–Crippen MR) is 95.8 cm³/mol. The van der Waals surface area contributed by atoms with Crippen molar-refractivity contribution in [1.29, 1.82) is 0 Å². The second kappa shape index (κ2) is 7.75. The molecule has 148 valence electrons. The fraction of sp³-hybridized carbons (Fsp3) is 0.133. The molecule has 0 saturated heterocycles. The summed E-state index contributed by atoms with van der Waals surface area (Å²) in [5.41, 5.74) is -0.325. The third-order valence-corrected chi connectivity index (χ3v) is 4.87. The van der Waals surface area contributed by atoms with Gasteiger partial charge in [0.1, 0.15) is 5.15 Å². The van der Waals surface area contributed by atoms with Gasteiger partial charge in [-0.25, -0.2) is 9.78 Å². The maximum Gasteiger partial charge on any atom is 0.586 e. The summed E-state index contributed by atoms with van der Waals surface area (Å²) in [6, 6.07) is 3.59. The zero-order valence-corrected chi connectivity index (χ0v) is 16.2. The van der Waals surface area contributed by atoms with Crippen molar-refractivity contribution < 1.29 is 32.6 Å². The summed E-state index contributed by atoms with van der Waals surface area (Å²) < 4.78 is 39.3. The molecule has 2 heterocycles. The number of fused-ring (bicyclic) bond motifs is 1. The zero-order valence-electron chi connectivity index (χ0n) is 13.2. The lowest BCUT2D eigenvalue weighted by atomic mass is 10.3. The van der Waals surface area contributed by atoms with E-state index in [0.717, 1.165) is 6.07 Å². The highest BCUT2D eigenvalue weighted by atomic mass is 35.5. The van der Waals surface area contributed by atoms with Crippen molar-refractivity contribution in [3.63, 3.8) is 0 Å². The molecule has 0 radical (unpaired) electrons. The van der Waals surface area contributed by atoms with Gasteiger partial charge in [0.2, 0.25) is 0 Å². The van der Waals surface area contributed by atoms with Crippen molar-refractivity contribution in [2.45, 2.75) is 6.29 Å². The number of halogens is 6. The first-order chi connectivity index (χ1) is 13.1. The number of carbonyl (C=O) groups excluding carboxylic acids is 2. The molecule has 0 unspecified atom stereocenters. The van der Waals surface area contributed by atoms with Gasteiger partial charge in [-0.2, -0.15) is 0 Å². The molecule has 0 bridgehead atoms. The summed E-state index contributed by atoms with van der Waals surface area (Å²) in [5.74, 6) is -2.31. The SMILES string of the molecule is O=C(COC(=O)c1nc(Cl)c(Cl)c(Cl)c1Cl)Nc1ccc2c(c1)OC(F)(F)O2. The van der Waals surface area contributed by atoms with E-state index < -0.39 is 30.5 Å². The van der Waals surface area contributed by atoms with Gasteiger partial charge in [0.15, 0.2) is 23.8 Å². The van der Waals surface area contributed by atoms with Crippen LogP contribution in [0.4, 0.5) is 14.5 Å². The number of benzene rings is 1. The molecule has 0 fully saturated rings. The Bertz CT molecular complexity index is 989. The highest BCUT2D eigenvalue weighted by Gasteiger charge is 2.43. The standard InChI is InChI=1S/C15H6Cl4F2N2O5/c16-9-10(17)12(23-13(19)11(9)18)14(25)26-4-8(24)22-5-1-2-6-7(3-5)28-15(20,21)27-6/h1-3H,4H2,(H,22,24). The van der Waals surface area contributed by atoms with Crippen LogP contribution in [0.15, 0.2) is 18.2 Å². The maximum atomic E-state index is 13.0. The van der Waals surface area contributed by atoms with Crippen molar-refractivity contribution in [2.75, 3.05) is 11.9 Å². The summed E-state index contributed by atoms with van der Waals surface area (Å²) in [4.78, 5) is 27.6. The molecule has 1 N–H and O–H groups in total. The van der Waals surface area contributed by atoms with Gasteiger partial charge in [-0.3, -0.25) is 4.79 Å². The highest BCUT2D eigenvalue weighted by molar-refractivity contribution is 6.52. The lowest BCUT2D eigenvalue weighted by Gasteiger charge is -2.09. The molecule has 0 saturated carbocycles. The van der Waals surface area contributed by atoms with Crippen LogP contribution in [0.2, 0.25) is 20.2 Å². The number of amides is 1. The molecule has 1 aromatic heterocycles. The van der Waals surface area contributed by atoms with Crippen molar-refractivity contribution in [3.8, 4) is 11.5 Å². The van der Waals surface area contributed by atoms with Crippen LogP contribution in [0.5, 0.6) is 11.5 Å². The Hall–Kier alpha value is -2.07. The number of anilines is 1. The van der Waals surface area contributed by atoms with E-state index in [-0.39, 0.29) is 37.4 Å². The molecular formula is C15H6Cl4F2N2O5. The van der Waals surface area contributed by atoms with Crippen LogP contribution in [0.3, 0.4) is 0 Å². The summed E-state index contributed by atoms with van der Waals surface area (Å²) in [7, 11) is 0. The monoisotopic (exact) mass is 472 g/mol. The van der Waals surface area contributed by atoms with Gasteiger partial charge in [0.05, 0.1) is 15.1 Å². The van der Waals surface area contributed by atoms with E-state index in [4.69, 9.17) is 51.1 Å². The molecule has 7 nitrogen and oxygen atoms in total. The molecule has 0 aliphatic carbocycles. The number of nitrogens with zero attached hydrogens (tertiary/aromatic N) is 1. The van der Waals surface area contributed by atoms with Crippen LogP contribution in [0.1, 0.15) is 10.5 Å². The number of esters is 1. The Kier molecular flexibility index (Phi) is 5.72. The van der Waals surface area contributed by atoms with Gasteiger partial charge >= 0.3 is 12.3 Å². The van der Waals surface area contributed by atoms with E-state index in [9.17, 15) is 18.4 Å². The van der Waals surface area contributed by atoms with E-state index >= 15 is 0 Å². The van der Waals surface area contributed by atoms with E-state index in [0.29, 0.717) is 0 Å². The van der Waals surface area contributed by atoms with Crippen LogP contribution in [-0.2, 0) is 9.53 Å². The van der Waals surface area contributed by atoms with Crippen molar-refractivity contribution >= 4 is 64.0 Å². The summed E-state index contributed by atoms with van der Waals surface area (Å²) in [6.07, 6.45) is -3.78. The van der Waals surface area contributed by atoms with Gasteiger partial charge in [0.25, 0.3) is 5.91 Å². The van der Waals surface area contributed by atoms with Crippen molar-refractivity contribution in [1.82, 2.24) is 4.98 Å². The minimum atomic E-state index is -3.78. The molecule has 2 aromatic rings. The first-order valence-corrected chi connectivity index (χ1v) is 8.65. The minimum absolute atomic E-state index is 0.106. The minimum Gasteiger partial charge on any atom is -0.451 e. The zero-order chi connectivity index (χ0) is 20.6. The van der Waals surface area contributed by atoms with E-state index in [2.05, 4.69) is 19.8 Å². The lowest BCUT2D eigenvalue weighted by Crippen LogP contribution is -2.25. The number of ether oxygens (including phenoxy) is 3. The summed E-state index contributed by atoms with van der Waals surface area (Å²) in [5, 5.41) is 1.42. The lowest BCUT2D eigenvalue weighted by molar-refractivity contribution is -0.286. The number of nitrogens with one attached hydrogen (secondary N) is 1. The van der Waals surface area contributed by atoms with Gasteiger partial charge in [-0.05, 0) is 12.1 Å². The Morgan fingerprint density at radius 3 is 2.46 bits per heavy atom. The molecule has 1 aromatic carbocycles. The Labute approximate surface area is 175 Å². The van der Waals surface area contributed by atoms with Gasteiger partial charge in [-0.15, -0.1) is 8.78 Å².